The Bertz CT molecular complexity index is 497. The molecule has 2 heterocycles. The van der Waals surface area contributed by atoms with Crippen LogP contribution in [0, 0.1) is 11.3 Å². The summed E-state index contributed by atoms with van der Waals surface area (Å²) in [4.78, 5) is 18.6. The number of thiophene rings is 1. The molecule has 0 aliphatic carbocycles. The zero-order chi connectivity index (χ0) is 14.5. The molecule has 1 aromatic heterocycles. The normalized spacial score (nSPS) is 17.8. The zero-order valence-electron chi connectivity index (χ0n) is 12.1. The molecule has 1 atom stereocenters. The summed E-state index contributed by atoms with van der Waals surface area (Å²) in [6.45, 7) is 7.16. The third kappa shape index (κ3) is 3.20. The molecule has 1 aromatic rings. The Morgan fingerprint density at radius 3 is 2.55 bits per heavy atom. The number of piperazine rings is 1. The largest absolute Gasteiger partial charge is 0.335 e. The van der Waals surface area contributed by atoms with Crippen molar-refractivity contribution in [1.82, 2.24) is 9.80 Å². The number of hydrogen-bond donors (Lipinski definition) is 0. The van der Waals surface area contributed by atoms with E-state index in [1.165, 1.54) is 4.88 Å². The van der Waals surface area contributed by atoms with E-state index in [2.05, 4.69) is 17.9 Å². The van der Waals surface area contributed by atoms with Crippen LogP contribution in [0.3, 0.4) is 0 Å². The monoisotopic (exact) mass is 291 g/mol. The van der Waals surface area contributed by atoms with Gasteiger partial charge in [0.2, 0.25) is 0 Å². The number of hydrogen-bond acceptors (Lipinski definition) is 4. The minimum atomic E-state index is -0.0133. The summed E-state index contributed by atoms with van der Waals surface area (Å²) in [6.07, 6.45) is 1.82. The first kappa shape index (κ1) is 15.0. The smallest absolute Gasteiger partial charge is 0.264 e. The van der Waals surface area contributed by atoms with Gasteiger partial charge in [0.15, 0.2) is 0 Å². The second kappa shape index (κ2) is 6.87. The van der Waals surface area contributed by atoms with Crippen LogP contribution < -0.4 is 0 Å². The molecule has 1 aliphatic rings. The zero-order valence-corrected chi connectivity index (χ0v) is 12.9. The van der Waals surface area contributed by atoms with E-state index >= 15 is 0 Å². The number of aryl methyl sites for hydroxylation is 1. The maximum atomic E-state index is 12.4. The van der Waals surface area contributed by atoms with E-state index in [0.29, 0.717) is 0 Å². The van der Waals surface area contributed by atoms with Crippen molar-refractivity contribution in [2.24, 2.45) is 0 Å². The summed E-state index contributed by atoms with van der Waals surface area (Å²) in [5.41, 5.74) is 0. The van der Waals surface area contributed by atoms with Crippen LogP contribution in [0.1, 0.15) is 34.8 Å². The lowest BCUT2D eigenvalue weighted by atomic mass is 10.2. The minimum absolute atomic E-state index is 0.0133. The molecule has 1 aliphatic heterocycles. The van der Waals surface area contributed by atoms with E-state index in [9.17, 15) is 4.79 Å². The van der Waals surface area contributed by atoms with E-state index in [1.807, 2.05) is 24.0 Å². The van der Waals surface area contributed by atoms with Gasteiger partial charge in [0, 0.05) is 31.1 Å². The lowest BCUT2D eigenvalue weighted by Gasteiger charge is -2.36. The quantitative estimate of drug-likeness (QED) is 0.855. The van der Waals surface area contributed by atoms with Crippen LogP contribution in [0.5, 0.6) is 0 Å². The van der Waals surface area contributed by atoms with Gasteiger partial charge in [-0.2, -0.15) is 5.26 Å². The van der Waals surface area contributed by atoms with Gasteiger partial charge >= 0.3 is 0 Å². The molecule has 4 nitrogen and oxygen atoms in total. The van der Waals surface area contributed by atoms with Crippen LogP contribution in [0.2, 0.25) is 0 Å². The molecule has 5 heteroatoms. The Morgan fingerprint density at radius 2 is 2.05 bits per heavy atom. The molecule has 0 aromatic carbocycles. The Hall–Kier alpha value is -1.38. The average Bonchev–Trinajstić information content (AvgIpc) is 2.97. The summed E-state index contributed by atoms with van der Waals surface area (Å²) >= 11 is 1.59. The molecule has 0 saturated carbocycles. The van der Waals surface area contributed by atoms with Crippen LogP contribution in [-0.2, 0) is 6.42 Å². The maximum absolute atomic E-state index is 12.4. The Morgan fingerprint density at radius 1 is 1.35 bits per heavy atom. The first-order valence-electron chi connectivity index (χ1n) is 7.21. The van der Waals surface area contributed by atoms with Crippen molar-refractivity contribution in [3.63, 3.8) is 0 Å². The second-order valence-corrected chi connectivity index (χ2v) is 6.17. The molecular weight excluding hydrogens is 270 g/mol. The van der Waals surface area contributed by atoms with Crippen LogP contribution in [0.4, 0.5) is 0 Å². The van der Waals surface area contributed by atoms with Crippen molar-refractivity contribution in [2.45, 2.75) is 32.7 Å². The van der Waals surface area contributed by atoms with Gasteiger partial charge in [0.1, 0.15) is 0 Å². The summed E-state index contributed by atoms with van der Waals surface area (Å²) in [5, 5.41) is 9.09. The highest BCUT2D eigenvalue weighted by atomic mass is 32.1. The molecule has 1 saturated heterocycles. The van der Waals surface area contributed by atoms with Crippen molar-refractivity contribution < 1.29 is 4.79 Å². The summed E-state index contributed by atoms with van der Waals surface area (Å²) in [5.74, 6) is 0.138. The fourth-order valence-corrected chi connectivity index (χ4v) is 3.42. The molecule has 1 amide bonds. The fraction of sp³-hybridized carbons (Fsp3) is 0.600. The first-order chi connectivity index (χ1) is 9.69. The summed E-state index contributed by atoms with van der Waals surface area (Å²) in [7, 11) is 0. The van der Waals surface area contributed by atoms with Crippen molar-refractivity contribution >= 4 is 17.2 Å². The standard InChI is InChI=1S/C15H21N3OS/c1-3-12(11-16)17-7-9-18(10-8-17)15(19)14-6-5-13(4-2)20-14/h5-6,12H,3-4,7-10H2,1-2H3. The highest BCUT2D eigenvalue weighted by Crippen LogP contribution is 2.20. The van der Waals surface area contributed by atoms with Crippen LogP contribution in [-0.4, -0.2) is 47.9 Å². The molecule has 0 N–H and O–H groups in total. The highest BCUT2D eigenvalue weighted by Gasteiger charge is 2.26. The minimum Gasteiger partial charge on any atom is -0.335 e. The average molecular weight is 291 g/mol. The van der Waals surface area contributed by atoms with Crippen molar-refractivity contribution in [1.29, 1.82) is 5.26 Å². The first-order valence-corrected chi connectivity index (χ1v) is 8.02. The highest BCUT2D eigenvalue weighted by molar-refractivity contribution is 7.14. The maximum Gasteiger partial charge on any atom is 0.264 e. The molecule has 0 bridgehead atoms. The number of carbonyl (C=O) groups excluding carboxylic acids is 1. The van der Waals surface area contributed by atoms with Gasteiger partial charge in [-0.15, -0.1) is 11.3 Å². The van der Waals surface area contributed by atoms with E-state index in [4.69, 9.17) is 5.26 Å². The van der Waals surface area contributed by atoms with E-state index < -0.39 is 0 Å². The third-order valence-electron chi connectivity index (χ3n) is 3.80. The molecule has 108 valence electrons. The number of rotatable bonds is 4. The van der Waals surface area contributed by atoms with Gasteiger partial charge in [0.25, 0.3) is 5.91 Å². The number of carbonyl (C=O) groups is 1. The lowest BCUT2D eigenvalue weighted by Crippen LogP contribution is -2.51. The molecule has 0 radical (unpaired) electrons. The van der Waals surface area contributed by atoms with E-state index in [1.54, 1.807) is 11.3 Å². The second-order valence-electron chi connectivity index (χ2n) is 5.00. The topological polar surface area (TPSA) is 47.3 Å². The Kier molecular flexibility index (Phi) is 5.16. The number of amides is 1. The molecule has 20 heavy (non-hydrogen) atoms. The van der Waals surface area contributed by atoms with Gasteiger partial charge in [-0.25, -0.2) is 0 Å². The molecule has 2 rings (SSSR count). The van der Waals surface area contributed by atoms with Gasteiger partial charge < -0.3 is 4.90 Å². The van der Waals surface area contributed by atoms with Crippen LogP contribution in [0.15, 0.2) is 12.1 Å². The summed E-state index contributed by atoms with van der Waals surface area (Å²) in [6, 6.07) is 6.29. The van der Waals surface area contributed by atoms with Crippen molar-refractivity contribution in [3.8, 4) is 6.07 Å². The van der Waals surface area contributed by atoms with Crippen LogP contribution >= 0.6 is 11.3 Å². The molecule has 1 unspecified atom stereocenters. The lowest BCUT2D eigenvalue weighted by molar-refractivity contribution is 0.0609. The van der Waals surface area contributed by atoms with Crippen LogP contribution in [0.25, 0.3) is 0 Å². The Labute approximate surface area is 124 Å². The third-order valence-corrected chi connectivity index (χ3v) is 5.02. The molecule has 0 spiro atoms. The van der Waals surface area contributed by atoms with Gasteiger partial charge in [0.05, 0.1) is 17.0 Å². The van der Waals surface area contributed by atoms with Gasteiger partial charge in [-0.3, -0.25) is 9.69 Å². The fourth-order valence-electron chi connectivity index (χ4n) is 2.51. The molecule has 1 fully saturated rings. The number of nitriles is 1. The Balaban J connectivity index is 1.93. The van der Waals surface area contributed by atoms with Gasteiger partial charge in [-0.1, -0.05) is 13.8 Å². The van der Waals surface area contributed by atoms with E-state index in [-0.39, 0.29) is 11.9 Å². The van der Waals surface area contributed by atoms with Crippen molar-refractivity contribution in [2.75, 3.05) is 26.2 Å². The van der Waals surface area contributed by atoms with Crippen molar-refractivity contribution in [3.05, 3.63) is 21.9 Å². The summed E-state index contributed by atoms with van der Waals surface area (Å²) < 4.78 is 0. The predicted molar refractivity (Wildman–Crippen MR) is 80.9 cm³/mol. The van der Waals surface area contributed by atoms with Gasteiger partial charge in [-0.05, 0) is 25.0 Å². The SMILES string of the molecule is CCc1ccc(C(=O)N2CCN(C(C#N)CC)CC2)s1. The molecular formula is C15H21N3OS. The van der Waals surface area contributed by atoms with E-state index in [0.717, 1.165) is 43.9 Å². The predicted octanol–water partition coefficient (Wildman–Crippen LogP) is 2.37. The number of nitrogens with zero attached hydrogens (tertiary/aromatic N) is 3.